The molecule has 6 N–H and O–H groups in total. The van der Waals surface area contributed by atoms with Crippen LogP contribution in [0.2, 0.25) is 0 Å². The van der Waals surface area contributed by atoms with Gasteiger partial charge in [0.05, 0.1) is 22.7 Å². The van der Waals surface area contributed by atoms with Gasteiger partial charge in [-0.25, -0.2) is 0 Å². The predicted molar refractivity (Wildman–Crippen MR) is 154 cm³/mol. The van der Waals surface area contributed by atoms with Gasteiger partial charge in [-0.05, 0) is 72.5 Å². The average Bonchev–Trinajstić information content (AvgIpc) is 2.93. The van der Waals surface area contributed by atoms with Crippen LogP contribution in [-0.2, 0) is 5.41 Å². The molecule has 0 bridgehead atoms. The number of carbonyl (C=O) groups is 2. The summed E-state index contributed by atoms with van der Waals surface area (Å²) >= 11 is 0. The van der Waals surface area contributed by atoms with Gasteiger partial charge in [-0.3, -0.25) is 9.59 Å². The number of amides is 1. The number of Topliss-reactive ketones (excluding diaryl/α,β-unsaturated/α-hetero) is 1. The zero-order valence-electron chi connectivity index (χ0n) is 22.2. The lowest BCUT2D eigenvalue weighted by Crippen LogP contribution is -2.40. The van der Waals surface area contributed by atoms with Gasteiger partial charge in [0.2, 0.25) is 0 Å². The molecule has 206 valence electrons. The van der Waals surface area contributed by atoms with E-state index in [9.17, 15) is 22.8 Å². The average molecular weight is 547 g/mol. The summed E-state index contributed by atoms with van der Waals surface area (Å²) in [6, 6.07) is 22.0. The molecule has 0 spiro atoms. The third kappa shape index (κ3) is 5.36. The molecular formula is C31H29F3N4O2. The second-order valence-corrected chi connectivity index (χ2v) is 9.64. The Hall–Kier alpha value is -4.79. The fraction of sp³-hybridized carbons (Fsp3) is 0.161. The summed E-state index contributed by atoms with van der Waals surface area (Å²) < 4.78 is 43.4. The molecule has 0 aromatic heterocycles. The van der Waals surface area contributed by atoms with E-state index in [4.69, 9.17) is 11.5 Å². The Kier molecular flexibility index (Phi) is 7.59. The second kappa shape index (κ2) is 10.8. The SMILES string of the molecule is CNc1ccc(C(C)(c2ccc(NC(=O)c3ccc(-c4ccc(C(C)=O)cc4)cc3)c(N)c2)C(F)(F)F)cc1N. The molecule has 4 aromatic rings. The number of nitrogen functional groups attached to an aromatic ring is 2. The minimum atomic E-state index is -4.66. The highest BCUT2D eigenvalue weighted by atomic mass is 19.4. The summed E-state index contributed by atoms with van der Waals surface area (Å²) in [4.78, 5) is 24.4. The highest BCUT2D eigenvalue weighted by Crippen LogP contribution is 2.48. The summed E-state index contributed by atoms with van der Waals surface area (Å²) in [7, 11) is 1.63. The summed E-state index contributed by atoms with van der Waals surface area (Å²) in [6.45, 7) is 2.57. The molecule has 1 unspecified atom stereocenters. The lowest BCUT2D eigenvalue weighted by atomic mass is 9.75. The van der Waals surface area contributed by atoms with Crippen LogP contribution in [0.5, 0.6) is 0 Å². The summed E-state index contributed by atoms with van der Waals surface area (Å²) in [5.74, 6) is -0.492. The van der Waals surface area contributed by atoms with Gasteiger partial charge in [0.25, 0.3) is 5.91 Å². The van der Waals surface area contributed by atoms with Crippen molar-refractivity contribution in [3.05, 3.63) is 107 Å². The molecule has 4 aromatic carbocycles. The van der Waals surface area contributed by atoms with Crippen molar-refractivity contribution in [3.63, 3.8) is 0 Å². The Labute approximate surface area is 230 Å². The number of anilines is 4. The predicted octanol–water partition coefficient (Wildman–Crippen LogP) is 6.88. The number of carbonyl (C=O) groups excluding carboxylic acids is 2. The normalized spacial score (nSPS) is 12.8. The van der Waals surface area contributed by atoms with Crippen molar-refractivity contribution in [3.8, 4) is 11.1 Å². The largest absolute Gasteiger partial charge is 0.402 e. The van der Waals surface area contributed by atoms with Crippen molar-refractivity contribution in [2.24, 2.45) is 0 Å². The molecule has 4 rings (SSSR count). The number of hydrogen-bond acceptors (Lipinski definition) is 5. The van der Waals surface area contributed by atoms with Crippen molar-refractivity contribution >= 4 is 34.4 Å². The minimum absolute atomic E-state index is 0.0108. The van der Waals surface area contributed by atoms with Crippen molar-refractivity contribution in [2.75, 3.05) is 29.1 Å². The van der Waals surface area contributed by atoms with E-state index >= 15 is 0 Å². The first-order valence-electron chi connectivity index (χ1n) is 12.4. The molecule has 0 saturated heterocycles. The van der Waals surface area contributed by atoms with Crippen molar-refractivity contribution in [1.82, 2.24) is 0 Å². The topological polar surface area (TPSA) is 110 Å². The maximum absolute atomic E-state index is 14.5. The van der Waals surface area contributed by atoms with E-state index in [1.54, 1.807) is 43.4 Å². The highest BCUT2D eigenvalue weighted by molar-refractivity contribution is 6.06. The van der Waals surface area contributed by atoms with Crippen LogP contribution >= 0.6 is 0 Å². The molecule has 0 aliphatic rings. The Morgan fingerprint density at radius 3 is 1.55 bits per heavy atom. The quantitative estimate of drug-likeness (QED) is 0.149. The zero-order chi connectivity index (χ0) is 29.2. The molecule has 0 aliphatic heterocycles. The molecule has 6 nitrogen and oxygen atoms in total. The van der Waals surface area contributed by atoms with Gasteiger partial charge in [-0.1, -0.05) is 48.5 Å². The number of hydrogen-bond donors (Lipinski definition) is 4. The zero-order valence-corrected chi connectivity index (χ0v) is 22.2. The third-order valence-corrected chi connectivity index (χ3v) is 7.11. The minimum Gasteiger partial charge on any atom is -0.397 e. The molecular weight excluding hydrogens is 517 g/mol. The number of rotatable bonds is 7. The van der Waals surface area contributed by atoms with Gasteiger partial charge in [-0.15, -0.1) is 0 Å². The fourth-order valence-corrected chi connectivity index (χ4v) is 4.49. The van der Waals surface area contributed by atoms with Crippen LogP contribution in [0.25, 0.3) is 11.1 Å². The van der Waals surface area contributed by atoms with E-state index in [1.807, 2.05) is 12.1 Å². The Morgan fingerprint density at radius 1 is 0.700 bits per heavy atom. The first-order chi connectivity index (χ1) is 18.8. The monoisotopic (exact) mass is 546 g/mol. The molecule has 1 atom stereocenters. The van der Waals surface area contributed by atoms with Gasteiger partial charge >= 0.3 is 6.18 Å². The Bertz CT molecular complexity index is 1570. The van der Waals surface area contributed by atoms with Crippen LogP contribution in [-0.4, -0.2) is 24.9 Å². The second-order valence-electron chi connectivity index (χ2n) is 9.64. The van der Waals surface area contributed by atoms with Crippen LogP contribution < -0.4 is 22.1 Å². The lowest BCUT2D eigenvalue weighted by molar-refractivity contribution is -0.173. The van der Waals surface area contributed by atoms with E-state index in [2.05, 4.69) is 10.6 Å². The van der Waals surface area contributed by atoms with Crippen molar-refractivity contribution in [1.29, 1.82) is 0 Å². The van der Waals surface area contributed by atoms with Crippen LogP contribution in [0.15, 0.2) is 84.9 Å². The number of ketones is 1. The van der Waals surface area contributed by atoms with Gasteiger partial charge in [0.15, 0.2) is 5.78 Å². The Morgan fingerprint density at radius 2 is 1.15 bits per heavy atom. The molecule has 0 saturated carbocycles. The molecule has 0 radical (unpaired) electrons. The van der Waals surface area contributed by atoms with Crippen LogP contribution in [0.4, 0.5) is 35.9 Å². The standard InChI is InChI=1S/C31H29F3N4O2/c1-18(39)19-4-6-20(7-5-19)21-8-10-22(11-9-21)29(40)38-28-15-13-24(17-26(28)36)30(2,31(32,33)34)23-12-14-27(37-3)25(35)16-23/h4-17,37H,35-36H2,1-3H3,(H,38,40). The van der Waals surface area contributed by atoms with E-state index in [1.165, 1.54) is 43.3 Å². The van der Waals surface area contributed by atoms with Gasteiger partial charge < -0.3 is 22.1 Å². The fourth-order valence-electron chi connectivity index (χ4n) is 4.49. The molecule has 9 heteroatoms. The van der Waals surface area contributed by atoms with Gasteiger partial charge in [0, 0.05) is 18.2 Å². The maximum Gasteiger partial charge on any atom is 0.402 e. The molecule has 40 heavy (non-hydrogen) atoms. The molecule has 0 heterocycles. The molecule has 0 aliphatic carbocycles. The number of halogens is 3. The van der Waals surface area contributed by atoms with E-state index < -0.39 is 17.5 Å². The van der Waals surface area contributed by atoms with E-state index in [-0.39, 0.29) is 34.0 Å². The number of nitrogens with one attached hydrogen (secondary N) is 2. The lowest BCUT2D eigenvalue weighted by Gasteiger charge is -2.34. The van der Waals surface area contributed by atoms with Crippen LogP contribution in [0.1, 0.15) is 45.7 Å². The summed E-state index contributed by atoms with van der Waals surface area (Å²) in [5.41, 5.74) is 13.1. The van der Waals surface area contributed by atoms with Gasteiger partial charge in [0.1, 0.15) is 5.41 Å². The third-order valence-electron chi connectivity index (χ3n) is 7.11. The number of nitrogens with two attached hydrogens (primary N) is 2. The maximum atomic E-state index is 14.5. The van der Waals surface area contributed by atoms with Crippen LogP contribution in [0.3, 0.4) is 0 Å². The summed E-state index contributed by atoms with van der Waals surface area (Å²) in [5, 5.41) is 5.52. The van der Waals surface area contributed by atoms with Crippen molar-refractivity contribution in [2.45, 2.75) is 25.4 Å². The Balaban J connectivity index is 1.57. The summed E-state index contributed by atoms with van der Waals surface area (Å²) in [6.07, 6.45) is -4.66. The first kappa shape index (κ1) is 28.2. The molecule has 0 fully saturated rings. The van der Waals surface area contributed by atoms with Gasteiger partial charge in [-0.2, -0.15) is 13.2 Å². The van der Waals surface area contributed by atoms with Crippen molar-refractivity contribution < 1.29 is 22.8 Å². The van der Waals surface area contributed by atoms with E-state index in [0.29, 0.717) is 16.8 Å². The highest BCUT2D eigenvalue weighted by Gasteiger charge is 2.53. The van der Waals surface area contributed by atoms with E-state index in [0.717, 1.165) is 18.1 Å². The smallest absolute Gasteiger partial charge is 0.397 e. The first-order valence-corrected chi connectivity index (χ1v) is 12.4. The number of alkyl halides is 3. The number of benzene rings is 4. The molecule has 1 amide bonds. The van der Waals surface area contributed by atoms with Crippen LogP contribution in [0, 0.1) is 0 Å².